The molecule has 1 atom stereocenters. The van der Waals surface area contributed by atoms with E-state index in [-0.39, 0.29) is 11.9 Å². The van der Waals surface area contributed by atoms with Crippen LogP contribution in [0.5, 0.6) is 17.2 Å². The number of hydrogen-bond acceptors (Lipinski definition) is 7. The van der Waals surface area contributed by atoms with Crippen LogP contribution in [0.3, 0.4) is 0 Å². The highest BCUT2D eigenvalue weighted by Gasteiger charge is 2.18. The third kappa shape index (κ3) is 5.34. The van der Waals surface area contributed by atoms with Gasteiger partial charge in [-0.2, -0.15) is 0 Å². The Bertz CT molecular complexity index is 1040. The lowest BCUT2D eigenvalue weighted by molar-refractivity contribution is 0.0937. The van der Waals surface area contributed by atoms with E-state index in [0.29, 0.717) is 23.7 Å². The maximum absolute atomic E-state index is 12.7. The van der Waals surface area contributed by atoms with Crippen molar-refractivity contribution >= 4 is 17.2 Å². The number of likely N-dealkylation sites (N-methyl/N-ethyl adjacent to an activating group) is 1. The van der Waals surface area contributed by atoms with E-state index in [0.717, 1.165) is 21.9 Å². The van der Waals surface area contributed by atoms with Gasteiger partial charge in [0.1, 0.15) is 16.5 Å². The summed E-state index contributed by atoms with van der Waals surface area (Å²) < 4.78 is 16.0. The fourth-order valence-electron chi connectivity index (χ4n) is 3.21. The van der Waals surface area contributed by atoms with Gasteiger partial charge in [-0.1, -0.05) is 12.1 Å². The second-order valence-corrected chi connectivity index (χ2v) is 7.93. The normalized spacial score (nSPS) is 11.8. The minimum atomic E-state index is -0.210. The number of amides is 1. The van der Waals surface area contributed by atoms with Crippen LogP contribution in [0.1, 0.15) is 22.1 Å². The zero-order chi connectivity index (χ0) is 22.4. The number of methoxy groups -OCH3 is 3. The number of hydrogen-bond donors (Lipinski definition) is 1. The highest BCUT2D eigenvalue weighted by atomic mass is 32.1. The molecule has 0 aliphatic carbocycles. The molecule has 0 bridgehead atoms. The van der Waals surface area contributed by atoms with Crippen LogP contribution in [0, 0.1) is 0 Å². The summed E-state index contributed by atoms with van der Waals surface area (Å²) in [6.07, 6.45) is 0. The molecule has 0 spiro atoms. The van der Waals surface area contributed by atoms with Crippen molar-refractivity contribution in [2.75, 3.05) is 42.0 Å². The minimum absolute atomic E-state index is 0.00278. The van der Waals surface area contributed by atoms with Gasteiger partial charge in [-0.05, 0) is 50.0 Å². The van der Waals surface area contributed by atoms with Crippen LogP contribution in [-0.4, -0.2) is 57.8 Å². The van der Waals surface area contributed by atoms with Gasteiger partial charge in [0, 0.05) is 17.5 Å². The zero-order valence-electron chi connectivity index (χ0n) is 18.3. The molecule has 0 radical (unpaired) electrons. The quantitative estimate of drug-likeness (QED) is 0.544. The van der Waals surface area contributed by atoms with Gasteiger partial charge in [-0.25, -0.2) is 4.98 Å². The molecule has 1 heterocycles. The van der Waals surface area contributed by atoms with E-state index < -0.39 is 0 Å². The Morgan fingerprint density at radius 3 is 2.52 bits per heavy atom. The van der Waals surface area contributed by atoms with Crippen molar-refractivity contribution in [1.29, 1.82) is 0 Å². The van der Waals surface area contributed by atoms with E-state index in [2.05, 4.69) is 15.2 Å². The number of nitrogens with zero attached hydrogens (tertiary/aromatic N) is 2. The number of carbonyl (C=O) groups is 1. The smallest absolute Gasteiger partial charge is 0.270 e. The lowest BCUT2D eigenvalue weighted by Gasteiger charge is -2.25. The molecule has 1 aromatic heterocycles. The molecule has 0 fully saturated rings. The number of ether oxygens (including phenoxy) is 3. The first-order chi connectivity index (χ1) is 15.0. The third-order valence-corrected chi connectivity index (χ3v) is 5.82. The Labute approximate surface area is 186 Å². The first-order valence-electron chi connectivity index (χ1n) is 9.73. The van der Waals surface area contributed by atoms with Gasteiger partial charge in [0.2, 0.25) is 0 Å². The molecule has 8 heteroatoms. The predicted octanol–water partition coefficient (Wildman–Crippen LogP) is 3.87. The van der Waals surface area contributed by atoms with Crippen molar-refractivity contribution in [3.05, 3.63) is 59.1 Å². The number of nitrogens with one attached hydrogen (secondary N) is 1. The summed E-state index contributed by atoms with van der Waals surface area (Å²) in [6.45, 7) is 0.447. The van der Waals surface area contributed by atoms with Crippen molar-refractivity contribution in [1.82, 2.24) is 15.2 Å². The Kier molecular flexibility index (Phi) is 7.49. The fraction of sp³-hybridized carbons (Fsp3) is 0.304. The van der Waals surface area contributed by atoms with Gasteiger partial charge in [0.25, 0.3) is 5.91 Å². The molecule has 0 saturated heterocycles. The average molecular weight is 442 g/mol. The first-order valence-corrected chi connectivity index (χ1v) is 10.6. The van der Waals surface area contributed by atoms with Crippen molar-refractivity contribution in [3.8, 4) is 27.8 Å². The summed E-state index contributed by atoms with van der Waals surface area (Å²) in [7, 11) is 8.79. The van der Waals surface area contributed by atoms with E-state index in [9.17, 15) is 4.79 Å². The monoisotopic (exact) mass is 441 g/mol. The largest absolute Gasteiger partial charge is 0.497 e. The van der Waals surface area contributed by atoms with Crippen LogP contribution in [0.4, 0.5) is 0 Å². The average Bonchev–Trinajstić information content (AvgIpc) is 3.29. The summed E-state index contributed by atoms with van der Waals surface area (Å²) in [4.78, 5) is 19.3. The lowest BCUT2D eigenvalue weighted by atomic mass is 10.1. The number of rotatable bonds is 9. The van der Waals surface area contributed by atoms with Gasteiger partial charge in [0.05, 0.1) is 27.4 Å². The topological polar surface area (TPSA) is 72.9 Å². The molecule has 3 rings (SSSR count). The van der Waals surface area contributed by atoms with Gasteiger partial charge in [-0.3, -0.25) is 4.79 Å². The molecule has 1 amide bonds. The summed E-state index contributed by atoms with van der Waals surface area (Å²) in [6, 6.07) is 13.4. The minimum Gasteiger partial charge on any atom is -0.497 e. The Balaban J connectivity index is 1.71. The van der Waals surface area contributed by atoms with Crippen molar-refractivity contribution in [3.63, 3.8) is 0 Å². The molecule has 0 saturated carbocycles. The molecule has 0 aliphatic heterocycles. The molecular weight excluding hydrogens is 414 g/mol. The van der Waals surface area contributed by atoms with Crippen molar-refractivity contribution < 1.29 is 19.0 Å². The van der Waals surface area contributed by atoms with E-state index in [1.165, 1.54) is 11.3 Å². The number of carbonyl (C=O) groups excluding carboxylic acids is 1. The highest BCUT2D eigenvalue weighted by molar-refractivity contribution is 7.13. The van der Waals surface area contributed by atoms with E-state index >= 15 is 0 Å². The van der Waals surface area contributed by atoms with Crippen LogP contribution < -0.4 is 19.5 Å². The fourth-order valence-corrected chi connectivity index (χ4v) is 4.00. The molecule has 3 aromatic rings. The van der Waals surface area contributed by atoms with Crippen LogP contribution in [0.2, 0.25) is 0 Å². The van der Waals surface area contributed by atoms with Crippen LogP contribution >= 0.6 is 11.3 Å². The molecule has 164 valence electrons. The van der Waals surface area contributed by atoms with E-state index in [4.69, 9.17) is 14.2 Å². The Hall–Kier alpha value is -3.10. The second kappa shape index (κ2) is 10.3. The zero-order valence-corrected chi connectivity index (χ0v) is 19.2. The molecular formula is C23H27N3O4S. The van der Waals surface area contributed by atoms with Gasteiger partial charge < -0.3 is 24.4 Å². The standard InChI is InChI=1S/C23H27N3O4S/c1-26(2)19(15-7-6-8-17(11-15)28-3)13-24-22(27)18-14-31-23(25-18)16-9-10-20(29-4)21(12-16)30-5/h6-12,14,19H,13H2,1-5H3,(H,24,27). The number of benzene rings is 2. The van der Waals surface area contributed by atoms with Crippen LogP contribution in [-0.2, 0) is 0 Å². The first kappa shape index (κ1) is 22.6. The van der Waals surface area contributed by atoms with Gasteiger partial charge in [-0.15, -0.1) is 11.3 Å². The molecule has 31 heavy (non-hydrogen) atoms. The summed E-state index contributed by atoms with van der Waals surface area (Å²) >= 11 is 1.41. The third-order valence-electron chi connectivity index (χ3n) is 4.93. The summed E-state index contributed by atoms with van der Waals surface area (Å²) in [5, 5.41) is 5.50. The predicted molar refractivity (Wildman–Crippen MR) is 122 cm³/mol. The van der Waals surface area contributed by atoms with Crippen LogP contribution in [0.15, 0.2) is 47.8 Å². The molecule has 1 N–H and O–H groups in total. The molecule has 1 unspecified atom stereocenters. The van der Waals surface area contributed by atoms with E-state index in [1.54, 1.807) is 26.7 Å². The molecule has 2 aromatic carbocycles. The summed E-state index contributed by atoms with van der Waals surface area (Å²) in [5.41, 5.74) is 2.32. The SMILES string of the molecule is COc1cccc(C(CNC(=O)c2csc(-c3ccc(OC)c(OC)c3)n2)N(C)C)c1. The highest BCUT2D eigenvalue weighted by Crippen LogP contribution is 2.33. The van der Waals surface area contributed by atoms with Gasteiger partial charge >= 0.3 is 0 Å². The second-order valence-electron chi connectivity index (χ2n) is 7.07. The maximum atomic E-state index is 12.7. The Morgan fingerprint density at radius 1 is 1.06 bits per heavy atom. The molecule has 0 aliphatic rings. The van der Waals surface area contributed by atoms with E-state index in [1.807, 2.05) is 56.6 Å². The lowest BCUT2D eigenvalue weighted by Crippen LogP contribution is -2.34. The van der Waals surface area contributed by atoms with Crippen LogP contribution in [0.25, 0.3) is 10.6 Å². The number of thiazole rings is 1. The number of aromatic nitrogens is 1. The molecule has 7 nitrogen and oxygen atoms in total. The van der Waals surface area contributed by atoms with Gasteiger partial charge in [0.15, 0.2) is 11.5 Å². The Morgan fingerprint density at radius 2 is 1.84 bits per heavy atom. The maximum Gasteiger partial charge on any atom is 0.270 e. The summed E-state index contributed by atoms with van der Waals surface area (Å²) in [5.74, 6) is 1.84. The van der Waals surface area contributed by atoms with Crippen molar-refractivity contribution in [2.45, 2.75) is 6.04 Å². The van der Waals surface area contributed by atoms with Crippen molar-refractivity contribution in [2.24, 2.45) is 0 Å².